The molecule has 2 heterocycles. The second-order valence-electron chi connectivity index (χ2n) is 4.68. The third kappa shape index (κ3) is 3.28. The van der Waals surface area contributed by atoms with Gasteiger partial charge in [0.25, 0.3) is 10.0 Å². The average molecular weight is 309 g/mol. The molecule has 0 spiro atoms. The summed E-state index contributed by atoms with van der Waals surface area (Å²) < 4.78 is 28.1. The molecule has 1 saturated heterocycles. The predicted octanol–water partition coefficient (Wildman–Crippen LogP) is 0.745. The number of aromatic nitrogens is 2. The summed E-state index contributed by atoms with van der Waals surface area (Å²) in [7, 11) is -3.49. The maximum absolute atomic E-state index is 12.4. The van der Waals surface area contributed by atoms with E-state index in [2.05, 4.69) is 4.98 Å². The molecule has 0 unspecified atom stereocenters. The summed E-state index contributed by atoms with van der Waals surface area (Å²) in [6, 6.07) is -0.0668. The van der Waals surface area contributed by atoms with Crippen molar-refractivity contribution in [3.05, 3.63) is 12.0 Å². The minimum absolute atomic E-state index is 0. The van der Waals surface area contributed by atoms with E-state index in [4.69, 9.17) is 5.73 Å². The number of imidazole rings is 1. The van der Waals surface area contributed by atoms with Gasteiger partial charge in [-0.2, -0.15) is 4.31 Å². The van der Waals surface area contributed by atoms with Crippen LogP contribution in [0.1, 0.15) is 25.6 Å². The zero-order valence-corrected chi connectivity index (χ0v) is 12.9. The van der Waals surface area contributed by atoms with Gasteiger partial charge in [0.2, 0.25) is 0 Å². The van der Waals surface area contributed by atoms with Gasteiger partial charge in [-0.25, -0.2) is 13.4 Å². The molecule has 19 heavy (non-hydrogen) atoms. The lowest BCUT2D eigenvalue weighted by Crippen LogP contribution is -2.45. The molecule has 0 radical (unpaired) electrons. The Morgan fingerprint density at radius 3 is 2.74 bits per heavy atom. The van der Waals surface area contributed by atoms with Gasteiger partial charge in [0.05, 0.1) is 0 Å². The molecule has 1 aromatic rings. The lowest BCUT2D eigenvalue weighted by molar-refractivity contribution is 0.315. The molecule has 0 bridgehead atoms. The summed E-state index contributed by atoms with van der Waals surface area (Å²) in [5.41, 5.74) is 5.83. The molecule has 6 nitrogen and oxygen atoms in total. The van der Waals surface area contributed by atoms with Gasteiger partial charge >= 0.3 is 0 Å². The number of rotatable bonds is 3. The Hall–Kier alpha value is -0.630. The van der Waals surface area contributed by atoms with Crippen molar-refractivity contribution in [1.82, 2.24) is 13.9 Å². The first-order valence-corrected chi connectivity index (χ1v) is 7.68. The minimum atomic E-state index is -3.49. The van der Waals surface area contributed by atoms with Crippen LogP contribution in [0.15, 0.2) is 11.2 Å². The Balaban J connectivity index is 0.00000180. The number of halogens is 1. The normalized spacial score (nSPS) is 21.1. The molecule has 1 aliphatic heterocycles. The summed E-state index contributed by atoms with van der Waals surface area (Å²) in [4.78, 5) is 4.15. The van der Waals surface area contributed by atoms with E-state index < -0.39 is 10.0 Å². The molecule has 2 N–H and O–H groups in total. The smallest absolute Gasteiger partial charge is 0.262 e. The Kier molecular flexibility index (Phi) is 5.37. The van der Waals surface area contributed by atoms with Crippen LogP contribution in [0.2, 0.25) is 0 Å². The zero-order valence-electron chi connectivity index (χ0n) is 11.2. The molecule has 0 saturated carbocycles. The van der Waals surface area contributed by atoms with Crippen LogP contribution in [0.25, 0.3) is 0 Å². The molecular weight excluding hydrogens is 288 g/mol. The van der Waals surface area contributed by atoms with E-state index in [9.17, 15) is 8.42 Å². The number of nitrogens with two attached hydrogens (primary N) is 1. The van der Waals surface area contributed by atoms with Gasteiger partial charge in [-0.1, -0.05) is 0 Å². The monoisotopic (exact) mass is 308 g/mol. The van der Waals surface area contributed by atoms with Gasteiger partial charge in [-0.15, -0.1) is 12.4 Å². The van der Waals surface area contributed by atoms with Gasteiger partial charge in [0.15, 0.2) is 5.03 Å². The van der Waals surface area contributed by atoms with Crippen LogP contribution in [0.3, 0.4) is 0 Å². The standard InChI is InChI=1S/C11H20N4O2S.ClH/c1-3-14-8-11(13-9(14)2)18(16,17)15-6-4-5-10(12)7-15;/h8,10H,3-7,12H2,1-2H3;1H/t10-;/m1./s1. The number of hydrogen-bond acceptors (Lipinski definition) is 4. The van der Waals surface area contributed by atoms with Crippen LogP contribution in [0.4, 0.5) is 0 Å². The van der Waals surface area contributed by atoms with Crippen LogP contribution in [-0.4, -0.2) is 41.4 Å². The summed E-state index contributed by atoms with van der Waals surface area (Å²) >= 11 is 0. The van der Waals surface area contributed by atoms with Crippen molar-refractivity contribution in [1.29, 1.82) is 0 Å². The molecule has 1 atom stereocenters. The minimum Gasteiger partial charge on any atom is -0.334 e. The number of nitrogens with zero attached hydrogens (tertiary/aromatic N) is 3. The van der Waals surface area contributed by atoms with E-state index in [1.54, 1.807) is 6.20 Å². The Morgan fingerprint density at radius 1 is 1.53 bits per heavy atom. The Morgan fingerprint density at radius 2 is 2.21 bits per heavy atom. The third-order valence-electron chi connectivity index (χ3n) is 3.32. The highest BCUT2D eigenvalue weighted by atomic mass is 35.5. The summed E-state index contributed by atoms with van der Waals surface area (Å²) in [5.74, 6) is 0.720. The van der Waals surface area contributed by atoms with Crippen LogP contribution in [0.5, 0.6) is 0 Å². The number of sulfonamides is 1. The van der Waals surface area contributed by atoms with E-state index in [1.807, 2.05) is 18.4 Å². The second kappa shape index (κ2) is 6.21. The number of aryl methyl sites for hydroxylation is 2. The molecular formula is C11H21ClN4O2S. The highest BCUT2D eigenvalue weighted by molar-refractivity contribution is 7.89. The quantitative estimate of drug-likeness (QED) is 0.893. The molecule has 1 aromatic heterocycles. The van der Waals surface area contributed by atoms with Crippen molar-refractivity contribution in [3.8, 4) is 0 Å². The van der Waals surface area contributed by atoms with Gasteiger partial charge in [-0.3, -0.25) is 0 Å². The van der Waals surface area contributed by atoms with Crippen molar-refractivity contribution in [3.63, 3.8) is 0 Å². The molecule has 8 heteroatoms. The predicted molar refractivity (Wildman–Crippen MR) is 75.9 cm³/mol. The van der Waals surface area contributed by atoms with Gasteiger partial charge in [-0.05, 0) is 26.7 Å². The SMILES string of the molecule is CCn1cc(S(=O)(=O)N2CCC[C@@H](N)C2)nc1C.Cl. The zero-order chi connectivity index (χ0) is 13.3. The van der Waals surface area contributed by atoms with E-state index >= 15 is 0 Å². The average Bonchev–Trinajstić information content (AvgIpc) is 2.71. The molecule has 1 aliphatic rings. The first kappa shape index (κ1) is 16.4. The summed E-state index contributed by atoms with van der Waals surface area (Å²) in [6.45, 7) is 5.41. The van der Waals surface area contributed by atoms with E-state index in [0.29, 0.717) is 19.6 Å². The highest BCUT2D eigenvalue weighted by Gasteiger charge is 2.30. The molecule has 0 amide bonds. The van der Waals surface area contributed by atoms with Crippen LogP contribution < -0.4 is 5.73 Å². The Bertz CT molecular complexity index is 529. The number of piperidine rings is 1. The summed E-state index contributed by atoms with van der Waals surface area (Å²) in [5, 5.41) is 0.135. The van der Waals surface area contributed by atoms with Crippen molar-refractivity contribution in [2.45, 2.75) is 44.3 Å². The fraction of sp³-hybridized carbons (Fsp3) is 0.727. The van der Waals surface area contributed by atoms with Gasteiger partial charge in [0.1, 0.15) is 5.82 Å². The van der Waals surface area contributed by atoms with Crippen LogP contribution >= 0.6 is 12.4 Å². The maximum atomic E-state index is 12.4. The first-order valence-electron chi connectivity index (χ1n) is 6.24. The largest absolute Gasteiger partial charge is 0.334 e. The lowest BCUT2D eigenvalue weighted by Gasteiger charge is -2.29. The van der Waals surface area contributed by atoms with Crippen molar-refractivity contribution in [2.75, 3.05) is 13.1 Å². The van der Waals surface area contributed by atoms with E-state index in [1.165, 1.54) is 4.31 Å². The van der Waals surface area contributed by atoms with Crippen molar-refractivity contribution < 1.29 is 8.42 Å². The van der Waals surface area contributed by atoms with Crippen LogP contribution in [-0.2, 0) is 16.6 Å². The van der Waals surface area contributed by atoms with E-state index in [-0.39, 0.29) is 23.5 Å². The van der Waals surface area contributed by atoms with Gasteiger partial charge < -0.3 is 10.3 Å². The maximum Gasteiger partial charge on any atom is 0.262 e. The molecule has 0 aliphatic carbocycles. The second-order valence-corrected chi connectivity index (χ2v) is 6.56. The topological polar surface area (TPSA) is 81.2 Å². The molecule has 110 valence electrons. The van der Waals surface area contributed by atoms with Gasteiger partial charge in [0, 0.05) is 31.9 Å². The molecule has 0 aromatic carbocycles. The first-order chi connectivity index (χ1) is 8.45. The fourth-order valence-corrected chi connectivity index (χ4v) is 3.78. The molecule has 1 fully saturated rings. The fourth-order valence-electron chi connectivity index (χ4n) is 2.25. The Labute approximate surface area is 120 Å². The number of hydrogen-bond donors (Lipinski definition) is 1. The summed E-state index contributed by atoms with van der Waals surface area (Å²) in [6.07, 6.45) is 3.30. The molecule has 2 rings (SSSR count). The van der Waals surface area contributed by atoms with Crippen molar-refractivity contribution in [2.24, 2.45) is 5.73 Å². The van der Waals surface area contributed by atoms with Crippen molar-refractivity contribution >= 4 is 22.4 Å². The van der Waals surface area contributed by atoms with Crippen LogP contribution in [0, 0.1) is 6.92 Å². The highest BCUT2D eigenvalue weighted by Crippen LogP contribution is 2.19. The van der Waals surface area contributed by atoms with E-state index in [0.717, 1.165) is 18.7 Å². The lowest BCUT2D eigenvalue weighted by atomic mass is 10.1. The third-order valence-corrected chi connectivity index (χ3v) is 5.06.